The second-order valence-corrected chi connectivity index (χ2v) is 3.79. The summed E-state index contributed by atoms with van der Waals surface area (Å²) in [5.41, 5.74) is 1.37. The number of halogens is 2. The molecule has 0 atom stereocenters. The predicted molar refractivity (Wildman–Crippen MR) is 57.7 cm³/mol. The number of nitrogens with zero attached hydrogens (tertiary/aromatic N) is 2. The van der Waals surface area contributed by atoms with Crippen molar-refractivity contribution >= 4 is 34.1 Å². The molecule has 0 spiro atoms. The Bertz CT molecular complexity index is 549. The molecule has 2 nitrogen and oxygen atoms in total. The minimum absolute atomic E-state index is 0.449. The van der Waals surface area contributed by atoms with Crippen molar-refractivity contribution in [1.82, 2.24) is 4.57 Å². The first-order chi connectivity index (χ1) is 6.65. The van der Waals surface area contributed by atoms with Gasteiger partial charge in [0, 0.05) is 17.5 Å². The quantitative estimate of drug-likeness (QED) is 0.675. The first-order valence-corrected chi connectivity index (χ1v) is 4.74. The second kappa shape index (κ2) is 3.20. The van der Waals surface area contributed by atoms with Gasteiger partial charge < -0.3 is 4.57 Å². The number of benzene rings is 1. The number of aryl methyl sites for hydroxylation is 1. The van der Waals surface area contributed by atoms with Crippen molar-refractivity contribution in [3.05, 3.63) is 33.9 Å². The molecule has 0 fully saturated rings. The average Bonchev–Trinajstić information content (AvgIpc) is 2.41. The molecule has 0 aliphatic rings. The van der Waals surface area contributed by atoms with Crippen LogP contribution in [-0.2, 0) is 7.05 Å². The number of fused-ring (bicyclic) bond motifs is 1. The lowest BCUT2D eigenvalue weighted by molar-refractivity contribution is 0.968. The molecule has 4 heteroatoms. The van der Waals surface area contributed by atoms with Crippen LogP contribution < -0.4 is 0 Å². The van der Waals surface area contributed by atoms with E-state index in [9.17, 15) is 0 Å². The Hall–Kier alpha value is -1.17. The predicted octanol–water partition coefficient (Wildman–Crippen LogP) is 3.36. The molecule has 0 N–H and O–H groups in total. The van der Waals surface area contributed by atoms with Crippen molar-refractivity contribution in [2.75, 3.05) is 0 Å². The molecule has 0 saturated carbocycles. The van der Waals surface area contributed by atoms with E-state index in [-0.39, 0.29) is 0 Å². The van der Waals surface area contributed by atoms with Crippen LogP contribution in [0.1, 0.15) is 5.56 Å². The third-order valence-corrected chi connectivity index (χ3v) is 2.88. The molecule has 0 bridgehead atoms. The molecule has 1 aromatic carbocycles. The van der Waals surface area contributed by atoms with E-state index in [1.165, 1.54) is 0 Å². The number of hydrogen-bond acceptors (Lipinski definition) is 1. The largest absolute Gasteiger partial charge is 0.334 e. The van der Waals surface area contributed by atoms with Crippen LogP contribution in [0.3, 0.4) is 0 Å². The summed E-state index contributed by atoms with van der Waals surface area (Å²) in [6.07, 6.45) is 0. The van der Waals surface area contributed by atoms with E-state index in [0.29, 0.717) is 15.7 Å². The Morgan fingerprint density at radius 1 is 1.36 bits per heavy atom. The molecular formula is C10H6Cl2N2. The van der Waals surface area contributed by atoms with Gasteiger partial charge >= 0.3 is 0 Å². The van der Waals surface area contributed by atoms with Crippen LogP contribution in [0.2, 0.25) is 10.2 Å². The second-order valence-electron chi connectivity index (χ2n) is 3.00. The van der Waals surface area contributed by atoms with Gasteiger partial charge in [0.25, 0.3) is 0 Å². The van der Waals surface area contributed by atoms with Gasteiger partial charge in [0.15, 0.2) is 0 Å². The maximum atomic E-state index is 8.92. The van der Waals surface area contributed by atoms with Crippen LogP contribution in [0.25, 0.3) is 10.9 Å². The number of aromatic nitrogens is 1. The smallest absolute Gasteiger partial charge is 0.127 e. The third-order valence-electron chi connectivity index (χ3n) is 2.20. The summed E-state index contributed by atoms with van der Waals surface area (Å²) in [6.45, 7) is 0. The van der Waals surface area contributed by atoms with Crippen molar-refractivity contribution in [2.45, 2.75) is 0 Å². The van der Waals surface area contributed by atoms with Crippen LogP contribution in [0.5, 0.6) is 0 Å². The van der Waals surface area contributed by atoms with Gasteiger partial charge in [-0.15, -0.1) is 0 Å². The zero-order valence-corrected chi connectivity index (χ0v) is 8.89. The highest BCUT2D eigenvalue weighted by molar-refractivity contribution is 6.33. The highest BCUT2D eigenvalue weighted by atomic mass is 35.5. The van der Waals surface area contributed by atoms with E-state index in [2.05, 4.69) is 6.07 Å². The zero-order valence-electron chi connectivity index (χ0n) is 7.38. The van der Waals surface area contributed by atoms with E-state index < -0.39 is 0 Å². The topological polar surface area (TPSA) is 28.7 Å². The number of rotatable bonds is 0. The molecular weight excluding hydrogens is 219 g/mol. The van der Waals surface area contributed by atoms with Gasteiger partial charge in [-0.05, 0) is 18.2 Å². The molecule has 14 heavy (non-hydrogen) atoms. The van der Waals surface area contributed by atoms with Crippen LogP contribution in [0, 0.1) is 11.3 Å². The maximum Gasteiger partial charge on any atom is 0.127 e. The van der Waals surface area contributed by atoms with E-state index in [1.807, 2.05) is 13.1 Å². The lowest BCUT2D eigenvalue weighted by Crippen LogP contribution is -1.85. The summed E-state index contributed by atoms with van der Waals surface area (Å²) in [4.78, 5) is 0. The number of hydrogen-bond donors (Lipinski definition) is 0. The Morgan fingerprint density at radius 2 is 2.07 bits per heavy atom. The van der Waals surface area contributed by atoms with Gasteiger partial charge in [0.2, 0.25) is 0 Å². The third kappa shape index (κ3) is 1.18. The fourth-order valence-corrected chi connectivity index (χ4v) is 1.89. The highest BCUT2D eigenvalue weighted by Crippen LogP contribution is 2.29. The van der Waals surface area contributed by atoms with Gasteiger partial charge in [-0.25, -0.2) is 0 Å². The molecule has 0 amide bonds. The van der Waals surface area contributed by atoms with E-state index in [4.69, 9.17) is 28.5 Å². The summed E-state index contributed by atoms with van der Waals surface area (Å²) >= 11 is 11.8. The molecule has 2 rings (SSSR count). The van der Waals surface area contributed by atoms with Crippen LogP contribution >= 0.6 is 23.2 Å². The zero-order chi connectivity index (χ0) is 10.3. The van der Waals surface area contributed by atoms with Gasteiger partial charge in [-0.1, -0.05) is 23.2 Å². The van der Waals surface area contributed by atoms with Gasteiger partial charge in [0.1, 0.15) is 11.2 Å². The Kier molecular flexibility index (Phi) is 2.14. The first kappa shape index (κ1) is 9.39. The Labute approximate surface area is 91.3 Å². The maximum absolute atomic E-state index is 8.92. The van der Waals surface area contributed by atoms with Gasteiger partial charge in [-0.3, -0.25) is 0 Å². The molecule has 0 unspecified atom stereocenters. The summed E-state index contributed by atoms with van der Waals surface area (Å²) in [7, 11) is 1.81. The first-order valence-electron chi connectivity index (χ1n) is 3.98. The van der Waals surface area contributed by atoms with Crippen molar-refractivity contribution in [2.24, 2.45) is 7.05 Å². The van der Waals surface area contributed by atoms with Crippen molar-refractivity contribution in [3.8, 4) is 6.07 Å². The molecule has 1 heterocycles. The van der Waals surface area contributed by atoms with Crippen LogP contribution in [0.15, 0.2) is 18.2 Å². The van der Waals surface area contributed by atoms with Crippen molar-refractivity contribution < 1.29 is 0 Å². The number of nitriles is 1. The Balaban J connectivity index is 2.97. The fourth-order valence-electron chi connectivity index (χ4n) is 1.48. The van der Waals surface area contributed by atoms with E-state index >= 15 is 0 Å². The normalized spacial score (nSPS) is 10.4. The lowest BCUT2D eigenvalue weighted by atomic mass is 10.2. The summed E-state index contributed by atoms with van der Waals surface area (Å²) < 4.78 is 1.75. The monoisotopic (exact) mass is 224 g/mol. The SMILES string of the molecule is Cn1c(Cl)c(C#N)c2ccc(Cl)cc21. The van der Waals surface area contributed by atoms with Gasteiger partial charge in [0.05, 0.1) is 11.1 Å². The molecule has 0 aliphatic heterocycles. The fraction of sp³-hybridized carbons (Fsp3) is 0.100. The average molecular weight is 225 g/mol. The lowest BCUT2D eigenvalue weighted by Gasteiger charge is -1.96. The summed E-state index contributed by atoms with van der Waals surface area (Å²) in [5, 5.41) is 10.8. The molecule has 70 valence electrons. The summed E-state index contributed by atoms with van der Waals surface area (Å²) in [5.74, 6) is 0. The highest BCUT2D eigenvalue weighted by Gasteiger charge is 2.12. The van der Waals surface area contributed by atoms with Crippen LogP contribution in [-0.4, -0.2) is 4.57 Å². The molecule has 2 aromatic rings. The molecule has 0 aliphatic carbocycles. The Morgan fingerprint density at radius 3 is 2.71 bits per heavy atom. The van der Waals surface area contributed by atoms with E-state index in [1.54, 1.807) is 16.7 Å². The molecule has 0 saturated heterocycles. The minimum Gasteiger partial charge on any atom is -0.334 e. The molecule has 1 aromatic heterocycles. The van der Waals surface area contributed by atoms with Crippen molar-refractivity contribution in [3.63, 3.8) is 0 Å². The minimum atomic E-state index is 0.449. The standard InChI is InChI=1S/C10H6Cl2N2/c1-14-9-4-6(11)2-3-7(9)8(5-13)10(14)12/h2-4H,1H3. The van der Waals surface area contributed by atoms with Crippen molar-refractivity contribution in [1.29, 1.82) is 5.26 Å². The van der Waals surface area contributed by atoms with Gasteiger partial charge in [-0.2, -0.15) is 5.26 Å². The summed E-state index contributed by atoms with van der Waals surface area (Å²) in [6, 6.07) is 7.44. The van der Waals surface area contributed by atoms with Crippen LogP contribution in [0.4, 0.5) is 0 Å². The molecule has 0 radical (unpaired) electrons. The van der Waals surface area contributed by atoms with E-state index in [0.717, 1.165) is 10.9 Å².